The van der Waals surface area contributed by atoms with Crippen LogP contribution in [0.1, 0.15) is 18.5 Å². The molecule has 0 unspecified atom stereocenters. The molecule has 0 bridgehead atoms. The number of nitrogens with one attached hydrogen (secondary N) is 1. The van der Waals surface area contributed by atoms with Gasteiger partial charge in [-0.2, -0.15) is 0 Å². The molecular weight excluding hydrogens is 292 g/mol. The lowest BCUT2D eigenvalue weighted by Gasteiger charge is -2.07. The quantitative estimate of drug-likeness (QED) is 0.671. The minimum absolute atomic E-state index is 0.0688. The Labute approximate surface area is 126 Å². The number of thioether (sulfide) groups is 1. The highest BCUT2D eigenvalue weighted by molar-refractivity contribution is 8.00. The van der Waals surface area contributed by atoms with Crippen molar-refractivity contribution in [1.82, 2.24) is 9.97 Å². The van der Waals surface area contributed by atoms with Crippen LogP contribution in [-0.4, -0.2) is 21.1 Å². The van der Waals surface area contributed by atoms with Crippen molar-refractivity contribution in [2.24, 2.45) is 5.73 Å². The summed E-state index contributed by atoms with van der Waals surface area (Å²) in [5.74, 6) is -0.0688. The summed E-state index contributed by atoms with van der Waals surface area (Å²) in [6.07, 6.45) is 3.96. The molecule has 1 aromatic carbocycles. The molecule has 20 heavy (non-hydrogen) atoms. The number of aromatic nitrogens is 2. The summed E-state index contributed by atoms with van der Waals surface area (Å²) in [7, 11) is 0. The molecule has 0 aliphatic heterocycles. The Morgan fingerprint density at radius 3 is 2.75 bits per heavy atom. The van der Waals surface area contributed by atoms with Crippen molar-refractivity contribution < 1.29 is 0 Å². The highest BCUT2D eigenvalue weighted by Crippen LogP contribution is 2.42. The molecule has 0 amide bonds. The van der Waals surface area contributed by atoms with Gasteiger partial charge in [0.2, 0.25) is 0 Å². The molecule has 1 aliphatic rings. The van der Waals surface area contributed by atoms with Crippen LogP contribution in [0.2, 0.25) is 5.02 Å². The summed E-state index contributed by atoms with van der Waals surface area (Å²) in [6.45, 7) is 0. The van der Waals surface area contributed by atoms with E-state index in [9.17, 15) is 0 Å². The number of halogens is 1. The van der Waals surface area contributed by atoms with Crippen LogP contribution in [0.5, 0.6) is 0 Å². The fraction of sp³-hybridized carbons (Fsp3) is 0.214. The van der Waals surface area contributed by atoms with E-state index in [1.165, 1.54) is 19.2 Å². The van der Waals surface area contributed by atoms with Gasteiger partial charge in [-0.15, -0.1) is 11.8 Å². The maximum atomic E-state index is 7.41. The van der Waals surface area contributed by atoms with E-state index < -0.39 is 0 Å². The molecular formula is C14H13ClN4S. The van der Waals surface area contributed by atoms with Gasteiger partial charge in [-0.25, -0.2) is 9.97 Å². The molecule has 3 rings (SSSR count). The van der Waals surface area contributed by atoms with Crippen LogP contribution >= 0.6 is 23.4 Å². The van der Waals surface area contributed by atoms with E-state index in [0.29, 0.717) is 5.69 Å². The summed E-state index contributed by atoms with van der Waals surface area (Å²) in [4.78, 5) is 9.27. The smallest absolute Gasteiger partial charge is 0.141 e. The molecule has 0 atom stereocenters. The molecule has 1 fully saturated rings. The summed E-state index contributed by atoms with van der Waals surface area (Å²) in [6, 6.07) is 7.61. The molecule has 0 saturated heterocycles. The first-order valence-electron chi connectivity index (χ1n) is 6.26. The van der Waals surface area contributed by atoms with E-state index in [1.54, 1.807) is 6.07 Å². The van der Waals surface area contributed by atoms with Gasteiger partial charge < -0.3 is 5.73 Å². The molecule has 0 spiro atoms. The third kappa shape index (κ3) is 2.94. The Bertz CT molecular complexity index is 670. The molecule has 3 N–H and O–H groups in total. The lowest BCUT2D eigenvalue weighted by Crippen LogP contribution is -2.13. The Hall–Kier alpha value is -1.59. The van der Waals surface area contributed by atoms with Crippen molar-refractivity contribution in [2.75, 3.05) is 0 Å². The van der Waals surface area contributed by atoms with E-state index in [4.69, 9.17) is 22.7 Å². The lowest BCUT2D eigenvalue weighted by molar-refractivity contribution is 1.14. The molecule has 1 aromatic heterocycles. The maximum absolute atomic E-state index is 7.41. The zero-order chi connectivity index (χ0) is 14.1. The zero-order valence-corrected chi connectivity index (χ0v) is 12.2. The van der Waals surface area contributed by atoms with Crippen molar-refractivity contribution in [1.29, 1.82) is 5.41 Å². The van der Waals surface area contributed by atoms with Gasteiger partial charge in [-0.1, -0.05) is 17.7 Å². The molecule has 1 heterocycles. The van der Waals surface area contributed by atoms with Crippen molar-refractivity contribution in [3.63, 3.8) is 0 Å². The average molecular weight is 305 g/mol. The minimum Gasteiger partial charge on any atom is -0.382 e. The fourth-order valence-corrected chi connectivity index (χ4v) is 3.15. The van der Waals surface area contributed by atoms with Crippen LogP contribution < -0.4 is 5.73 Å². The van der Waals surface area contributed by atoms with Gasteiger partial charge in [0.1, 0.15) is 17.9 Å². The minimum atomic E-state index is -0.0688. The third-order valence-corrected chi connectivity index (χ3v) is 4.83. The molecule has 6 heteroatoms. The van der Waals surface area contributed by atoms with Gasteiger partial charge in [0.05, 0.1) is 10.7 Å². The van der Waals surface area contributed by atoms with Crippen LogP contribution in [0.15, 0.2) is 35.5 Å². The van der Waals surface area contributed by atoms with Crippen molar-refractivity contribution in [3.8, 4) is 11.3 Å². The van der Waals surface area contributed by atoms with Gasteiger partial charge in [0, 0.05) is 15.7 Å². The standard InChI is InChI=1S/C14H13ClN4S/c15-10-5-8(1-4-13(10)20-9-2-3-9)11-6-12(14(16)17)19-7-18-11/h1,4-7,9H,2-3H2,(H3,16,17). The van der Waals surface area contributed by atoms with Crippen molar-refractivity contribution >= 4 is 29.2 Å². The summed E-state index contributed by atoms with van der Waals surface area (Å²) < 4.78 is 0. The predicted octanol–water partition coefficient (Wildman–Crippen LogP) is 3.34. The average Bonchev–Trinajstić information content (AvgIpc) is 3.25. The number of nitrogens with two attached hydrogens (primary N) is 1. The van der Waals surface area contributed by atoms with E-state index in [0.717, 1.165) is 26.4 Å². The number of amidine groups is 1. The monoisotopic (exact) mass is 304 g/mol. The van der Waals surface area contributed by atoms with Crippen molar-refractivity contribution in [2.45, 2.75) is 23.0 Å². The lowest BCUT2D eigenvalue weighted by atomic mass is 10.1. The Morgan fingerprint density at radius 2 is 2.10 bits per heavy atom. The number of nitrogens with zero attached hydrogens (tertiary/aromatic N) is 2. The fourth-order valence-electron chi connectivity index (χ4n) is 1.78. The second-order valence-corrected chi connectivity index (χ2v) is 6.41. The third-order valence-electron chi connectivity index (χ3n) is 2.99. The topological polar surface area (TPSA) is 75.7 Å². The first-order valence-corrected chi connectivity index (χ1v) is 7.52. The Morgan fingerprint density at radius 1 is 1.30 bits per heavy atom. The second-order valence-electron chi connectivity index (χ2n) is 4.66. The Kier molecular flexibility index (Phi) is 3.63. The van der Waals surface area contributed by atoms with E-state index >= 15 is 0 Å². The Balaban J connectivity index is 1.91. The molecule has 0 radical (unpaired) electrons. The molecule has 4 nitrogen and oxygen atoms in total. The molecule has 1 saturated carbocycles. The molecule has 1 aliphatic carbocycles. The number of hydrogen-bond donors (Lipinski definition) is 2. The van der Waals surface area contributed by atoms with Crippen LogP contribution in [0.25, 0.3) is 11.3 Å². The highest BCUT2D eigenvalue weighted by Gasteiger charge is 2.23. The molecule has 102 valence electrons. The summed E-state index contributed by atoms with van der Waals surface area (Å²) in [5.41, 5.74) is 7.48. The molecule has 2 aromatic rings. The second kappa shape index (κ2) is 5.42. The van der Waals surface area contributed by atoms with Crippen LogP contribution in [0.3, 0.4) is 0 Å². The normalized spacial score (nSPS) is 14.2. The van der Waals surface area contributed by atoms with E-state index in [-0.39, 0.29) is 5.84 Å². The first kappa shape index (κ1) is 13.4. The van der Waals surface area contributed by atoms with Gasteiger partial charge in [-0.3, -0.25) is 5.41 Å². The van der Waals surface area contributed by atoms with Crippen molar-refractivity contribution in [3.05, 3.63) is 41.3 Å². The first-order chi connectivity index (χ1) is 9.63. The SMILES string of the molecule is N=C(N)c1cc(-c2ccc(SC3CC3)c(Cl)c2)ncn1. The van der Waals surface area contributed by atoms with Gasteiger partial charge >= 0.3 is 0 Å². The van der Waals surface area contributed by atoms with Crippen LogP contribution in [0.4, 0.5) is 0 Å². The van der Waals surface area contributed by atoms with Crippen LogP contribution in [-0.2, 0) is 0 Å². The van der Waals surface area contributed by atoms with Gasteiger partial charge in [0.15, 0.2) is 0 Å². The van der Waals surface area contributed by atoms with Crippen LogP contribution in [0, 0.1) is 5.41 Å². The summed E-state index contributed by atoms with van der Waals surface area (Å²) in [5, 5.41) is 8.88. The number of benzene rings is 1. The van der Waals surface area contributed by atoms with Gasteiger partial charge in [0.25, 0.3) is 0 Å². The predicted molar refractivity (Wildman–Crippen MR) is 82.4 cm³/mol. The number of hydrogen-bond acceptors (Lipinski definition) is 4. The highest BCUT2D eigenvalue weighted by atomic mass is 35.5. The maximum Gasteiger partial charge on any atom is 0.141 e. The zero-order valence-electron chi connectivity index (χ0n) is 10.6. The van der Waals surface area contributed by atoms with E-state index in [1.807, 2.05) is 30.0 Å². The van der Waals surface area contributed by atoms with Gasteiger partial charge in [-0.05, 0) is 31.0 Å². The van der Waals surface area contributed by atoms with E-state index in [2.05, 4.69) is 9.97 Å². The largest absolute Gasteiger partial charge is 0.382 e. The summed E-state index contributed by atoms with van der Waals surface area (Å²) >= 11 is 8.15. The number of rotatable bonds is 4. The number of nitrogen functional groups attached to an aromatic ring is 1.